The molecule has 0 unspecified atom stereocenters. The van der Waals surface area contributed by atoms with Gasteiger partial charge < -0.3 is 15.5 Å². The third-order valence-electron chi connectivity index (χ3n) is 3.71. The Kier molecular flexibility index (Phi) is 3.87. The van der Waals surface area contributed by atoms with Crippen LogP contribution in [0.25, 0.3) is 0 Å². The number of amides is 1. The van der Waals surface area contributed by atoms with Gasteiger partial charge in [0.15, 0.2) is 0 Å². The number of carbonyl (C=O) groups excluding carboxylic acids is 1. The van der Waals surface area contributed by atoms with Gasteiger partial charge in [-0.1, -0.05) is 13.0 Å². The van der Waals surface area contributed by atoms with Crippen molar-refractivity contribution >= 4 is 11.6 Å². The summed E-state index contributed by atoms with van der Waals surface area (Å²) in [7, 11) is 0. The van der Waals surface area contributed by atoms with Crippen LogP contribution in [0.5, 0.6) is 0 Å². The highest BCUT2D eigenvalue weighted by Gasteiger charge is 2.22. The number of anilines is 1. The van der Waals surface area contributed by atoms with E-state index in [0.29, 0.717) is 5.69 Å². The standard InChI is InChI=1S/C14H21N3O/c1-3-16-7-9-17(10-8-16)14(18)12-5-4-6-13(15)11(12)2/h4-6H,3,7-10,15H2,1-2H3. The Labute approximate surface area is 108 Å². The molecule has 1 aliphatic heterocycles. The van der Waals surface area contributed by atoms with Gasteiger partial charge in [0.2, 0.25) is 0 Å². The lowest BCUT2D eigenvalue weighted by molar-refractivity contribution is 0.0642. The van der Waals surface area contributed by atoms with Crippen LogP contribution in [-0.4, -0.2) is 48.4 Å². The second kappa shape index (κ2) is 5.40. The Morgan fingerprint density at radius 1 is 1.28 bits per heavy atom. The number of benzene rings is 1. The predicted molar refractivity (Wildman–Crippen MR) is 73.6 cm³/mol. The molecule has 1 saturated heterocycles. The summed E-state index contributed by atoms with van der Waals surface area (Å²) in [6, 6.07) is 5.54. The SMILES string of the molecule is CCN1CCN(C(=O)c2cccc(N)c2C)CC1. The number of hydrogen-bond acceptors (Lipinski definition) is 3. The maximum Gasteiger partial charge on any atom is 0.254 e. The van der Waals surface area contributed by atoms with Crippen LogP contribution >= 0.6 is 0 Å². The third-order valence-corrected chi connectivity index (χ3v) is 3.71. The van der Waals surface area contributed by atoms with Crippen molar-refractivity contribution in [3.63, 3.8) is 0 Å². The summed E-state index contributed by atoms with van der Waals surface area (Å²) < 4.78 is 0. The van der Waals surface area contributed by atoms with Crippen molar-refractivity contribution in [1.82, 2.24) is 9.80 Å². The first kappa shape index (κ1) is 12.9. The lowest BCUT2D eigenvalue weighted by Gasteiger charge is -2.34. The lowest BCUT2D eigenvalue weighted by Crippen LogP contribution is -2.48. The molecule has 1 amide bonds. The number of rotatable bonds is 2. The van der Waals surface area contributed by atoms with E-state index >= 15 is 0 Å². The normalized spacial score (nSPS) is 16.9. The fourth-order valence-electron chi connectivity index (χ4n) is 2.32. The minimum Gasteiger partial charge on any atom is -0.398 e. The van der Waals surface area contributed by atoms with E-state index in [4.69, 9.17) is 5.73 Å². The van der Waals surface area contributed by atoms with Crippen LogP contribution < -0.4 is 5.73 Å². The Morgan fingerprint density at radius 3 is 2.56 bits per heavy atom. The molecule has 2 N–H and O–H groups in total. The van der Waals surface area contributed by atoms with Crippen LogP contribution in [0.3, 0.4) is 0 Å². The summed E-state index contributed by atoms with van der Waals surface area (Å²) in [5, 5.41) is 0. The molecule has 0 atom stereocenters. The van der Waals surface area contributed by atoms with Gasteiger partial charge in [-0.3, -0.25) is 4.79 Å². The Balaban J connectivity index is 2.10. The number of nitrogens with zero attached hydrogens (tertiary/aromatic N) is 2. The zero-order chi connectivity index (χ0) is 13.1. The predicted octanol–water partition coefficient (Wildman–Crippen LogP) is 1.35. The van der Waals surface area contributed by atoms with Crippen LogP contribution in [0.1, 0.15) is 22.8 Å². The first-order chi connectivity index (χ1) is 8.63. The quantitative estimate of drug-likeness (QED) is 0.803. The number of hydrogen-bond donors (Lipinski definition) is 1. The number of carbonyl (C=O) groups is 1. The molecule has 0 bridgehead atoms. The Morgan fingerprint density at radius 2 is 1.94 bits per heavy atom. The molecule has 4 heteroatoms. The minimum absolute atomic E-state index is 0.107. The molecule has 4 nitrogen and oxygen atoms in total. The number of likely N-dealkylation sites (N-methyl/N-ethyl adjacent to an activating group) is 1. The highest BCUT2D eigenvalue weighted by Crippen LogP contribution is 2.18. The maximum absolute atomic E-state index is 12.4. The van der Waals surface area contributed by atoms with E-state index in [2.05, 4.69) is 11.8 Å². The molecule has 0 aliphatic carbocycles. The first-order valence-electron chi connectivity index (χ1n) is 6.50. The molecule has 18 heavy (non-hydrogen) atoms. The van der Waals surface area contributed by atoms with Crippen LogP contribution in [-0.2, 0) is 0 Å². The topological polar surface area (TPSA) is 49.6 Å². The summed E-state index contributed by atoms with van der Waals surface area (Å²) in [6.45, 7) is 8.65. The second-order valence-corrected chi connectivity index (χ2v) is 4.75. The van der Waals surface area contributed by atoms with Crippen LogP contribution in [0.4, 0.5) is 5.69 Å². The largest absolute Gasteiger partial charge is 0.398 e. The third kappa shape index (κ3) is 2.48. The second-order valence-electron chi connectivity index (χ2n) is 4.75. The average molecular weight is 247 g/mol. The molecule has 1 heterocycles. The van der Waals surface area contributed by atoms with Crippen molar-refractivity contribution in [3.05, 3.63) is 29.3 Å². The Hall–Kier alpha value is -1.55. The van der Waals surface area contributed by atoms with Gasteiger partial charge in [0.25, 0.3) is 5.91 Å². The number of nitrogens with two attached hydrogens (primary N) is 1. The molecule has 0 spiro atoms. The summed E-state index contributed by atoms with van der Waals surface area (Å²) >= 11 is 0. The van der Waals surface area contributed by atoms with Crippen LogP contribution in [0, 0.1) is 6.92 Å². The van der Waals surface area contributed by atoms with Crippen molar-refractivity contribution in [2.75, 3.05) is 38.5 Å². The van der Waals surface area contributed by atoms with Gasteiger partial charge in [-0.25, -0.2) is 0 Å². The van der Waals surface area contributed by atoms with Crippen LogP contribution in [0.15, 0.2) is 18.2 Å². The van der Waals surface area contributed by atoms with E-state index in [1.165, 1.54) is 0 Å². The monoisotopic (exact) mass is 247 g/mol. The van der Waals surface area contributed by atoms with Crippen molar-refractivity contribution < 1.29 is 4.79 Å². The Bertz CT molecular complexity index is 437. The van der Waals surface area contributed by atoms with Gasteiger partial charge in [-0.05, 0) is 31.2 Å². The minimum atomic E-state index is 0.107. The smallest absolute Gasteiger partial charge is 0.254 e. The van der Waals surface area contributed by atoms with E-state index in [1.807, 2.05) is 30.0 Å². The number of piperazine rings is 1. The zero-order valence-electron chi connectivity index (χ0n) is 11.1. The van der Waals surface area contributed by atoms with Gasteiger partial charge in [-0.2, -0.15) is 0 Å². The molecule has 1 aromatic rings. The van der Waals surface area contributed by atoms with Crippen molar-refractivity contribution in [1.29, 1.82) is 0 Å². The van der Waals surface area contributed by atoms with E-state index < -0.39 is 0 Å². The first-order valence-corrected chi connectivity index (χ1v) is 6.50. The highest BCUT2D eigenvalue weighted by molar-refractivity contribution is 5.97. The fourth-order valence-corrected chi connectivity index (χ4v) is 2.32. The van der Waals surface area contributed by atoms with Crippen LogP contribution in [0.2, 0.25) is 0 Å². The molecule has 1 fully saturated rings. The lowest BCUT2D eigenvalue weighted by atomic mass is 10.1. The molecule has 2 rings (SSSR count). The van der Waals surface area contributed by atoms with Gasteiger partial charge >= 0.3 is 0 Å². The molecule has 0 radical (unpaired) electrons. The summed E-state index contributed by atoms with van der Waals surface area (Å²) in [6.07, 6.45) is 0. The molecule has 98 valence electrons. The fraction of sp³-hybridized carbons (Fsp3) is 0.500. The summed E-state index contributed by atoms with van der Waals surface area (Å²) in [5.41, 5.74) is 8.17. The zero-order valence-corrected chi connectivity index (χ0v) is 11.1. The van der Waals surface area contributed by atoms with Gasteiger partial charge in [0.05, 0.1) is 0 Å². The van der Waals surface area contributed by atoms with Gasteiger partial charge in [-0.15, -0.1) is 0 Å². The van der Waals surface area contributed by atoms with Gasteiger partial charge in [0.1, 0.15) is 0 Å². The molecular formula is C14H21N3O. The van der Waals surface area contributed by atoms with E-state index in [1.54, 1.807) is 0 Å². The molecular weight excluding hydrogens is 226 g/mol. The van der Waals surface area contributed by atoms with Crippen molar-refractivity contribution in [3.8, 4) is 0 Å². The summed E-state index contributed by atoms with van der Waals surface area (Å²) in [5.74, 6) is 0.107. The van der Waals surface area contributed by atoms with E-state index in [0.717, 1.165) is 43.9 Å². The number of nitrogen functional groups attached to an aromatic ring is 1. The maximum atomic E-state index is 12.4. The molecule has 1 aliphatic rings. The van der Waals surface area contributed by atoms with Crippen molar-refractivity contribution in [2.24, 2.45) is 0 Å². The highest BCUT2D eigenvalue weighted by atomic mass is 16.2. The van der Waals surface area contributed by atoms with E-state index in [9.17, 15) is 4.79 Å². The summed E-state index contributed by atoms with van der Waals surface area (Å²) in [4.78, 5) is 16.7. The van der Waals surface area contributed by atoms with Gasteiger partial charge in [0, 0.05) is 37.4 Å². The molecule has 0 aromatic heterocycles. The van der Waals surface area contributed by atoms with E-state index in [-0.39, 0.29) is 5.91 Å². The molecule has 1 aromatic carbocycles. The average Bonchev–Trinajstić information content (AvgIpc) is 2.41. The molecule has 0 saturated carbocycles. The van der Waals surface area contributed by atoms with Crippen molar-refractivity contribution in [2.45, 2.75) is 13.8 Å².